The summed E-state index contributed by atoms with van der Waals surface area (Å²) in [7, 11) is 0. The van der Waals surface area contributed by atoms with E-state index in [1.165, 1.54) is 11.3 Å². The minimum absolute atomic E-state index is 0.0503. The number of nitrogens with zero attached hydrogens (tertiary/aromatic N) is 1. The third kappa shape index (κ3) is 3.67. The molecular weight excluding hydrogens is 274 g/mol. The number of ketones is 1. The number of hydrogen-bond acceptors (Lipinski definition) is 4. The van der Waals surface area contributed by atoms with Crippen LogP contribution in [-0.4, -0.2) is 41.9 Å². The van der Waals surface area contributed by atoms with Crippen molar-refractivity contribution in [3.63, 3.8) is 0 Å². The minimum atomic E-state index is 0.0503. The van der Waals surface area contributed by atoms with Crippen LogP contribution in [0.2, 0.25) is 0 Å². The number of hydrogen-bond donors (Lipinski definition) is 0. The molecule has 0 aliphatic carbocycles. The van der Waals surface area contributed by atoms with Crippen LogP contribution in [-0.2, 0) is 9.53 Å². The number of carbonyl (C=O) groups is 2. The zero-order chi connectivity index (χ0) is 14.7. The second-order valence-corrected chi connectivity index (χ2v) is 6.66. The van der Waals surface area contributed by atoms with Crippen molar-refractivity contribution in [2.24, 2.45) is 0 Å². The number of thiophene rings is 1. The quantitative estimate of drug-likeness (QED) is 0.802. The fourth-order valence-corrected chi connectivity index (χ4v) is 3.16. The van der Waals surface area contributed by atoms with Crippen LogP contribution in [0.3, 0.4) is 0 Å². The molecule has 2 atom stereocenters. The first-order chi connectivity index (χ1) is 9.47. The lowest BCUT2D eigenvalue weighted by molar-refractivity contribution is -0.143. The smallest absolute Gasteiger partial charge is 0.223 e. The lowest BCUT2D eigenvalue weighted by Gasteiger charge is -2.36. The van der Waals surface area contributed by atoms with Gasteiger partial charge in [0, 0.05) is 24.3 Å². The SMILES string of the molecule is Cc1ccc(C(=O)CCC(=O)N2CC(C)OCC2C)s1. The molecular formula is C15H21NO3S. The van der Waals surface area contributed by atoms with Crippen LogP contribution in [0, 0.1) is 6.92 Å². The fourth-order valence-electron chi connectivity index (χ4n) is 2.32. The number of amides is 1. The Morgan fingerprint density at radius 3 is 2.75 bits per heavy atom. The predicted molar refractivity (Wildman–Crippen MR) is 79.2 cm³/mol. The molecule has 1 amide bonds. The van der Waals surface area contributed by atoms with Crippen molar-refractivity contribution in [2.45, 2.75) is 45.8 Å². The van der Waals surface area contributed by atoms with Crippen molar-refractivity contribution >= 4 is 23.0 Å². The molecule has 110 valence electrons. The molecule has 0 aromatic carbocycles. The van der Waals surface area contributed by atoms with E-state index in [-0.39, 0.29) is 36.7 Å². The summed E-state index contributed by atoms with van der Waals surface area (Å²) in [6.07, 6.45) is 0.648. The van der Waals surface area contributed by atoms with Gasteiger partial charge in [0.25, 0.3) is 0 Å². The predicted octanol–water partition coefficient (Wildman–Crippen LogP) is 2.66. The first-order valence-electron chi connectivity index (χ1n) is 6.98. The van der Waals surface area contributed by atoms with Crippen molar-refractivity contribution in [1.82, 2.24) is 4.90 Å². The van der Waals surface area contributed by atoms with Crippen LogP contribution in [0.4, 0.5) is 0 Å². The van der Waals surface area contributed by atoms with Crippen LogP contribution in [0.5, 0.6) is 0 Å². The number of rotatable bonds is 4. The summed E-state index contributed by atoms with van der Waals surface area (Å²) in [4.78, 5) is 27.9. The molecule has 0 radical (unpaired) electrons. The fraction of sp³-hybridized carbons (Fsp3) is 0.600. The molecule has 1 aliphatic rings. The van der Waals surface area contributed by atoms with Gasteiger partial charge in [0.1, 0.15) is 0 Å². The maximum atomic E-state index is 12.2. The lowest BCUT2D eigenvalue weighted by Crippen LogP contribution is -2.50. The molecule has 1 saturated heterocycles. The molecule has 4 nitrogen and oxygen atoms in total. The molecule has 1 aromatic heterocycles. The summed E-state index contributed by atoms with van der Waals surface area (Å²) < 4.78 is 5.51. The highest BCUT2D eigenvalue weighted by molar-refractivity contribution is 7.14. The van der Waals surface area contributed by atoms with Gasteiger partial charge in [-0.05, 0) is 32.9 Å². The molecule has 1 aromatic rings. The zero-order valence-corrected chi connectivity index (χ0v) is 13.0. The lowest BCUT2D eigenvalue weighted by atomic mass is 10.1. The second kappa shape index (κ2) is 6.50. The molecule has 1 aliphatic heterocycles. The van der Waals surface area contributed by atoms with Gasteiger partial charge in [0.2, 0.25) is 5.91 Å². The number of morpholine rings is 1. The van der Waals surface area contributed by atoms with E-state index in [0.717, 1.165) is 9.75 Å². The number of aryl methyl sites for hydroxylation is 1. The van der Waals surface area contributed by atoms with E-state index in [2.05, 4.69) is 0 Å². The molecule has 0 N–H and O–H groups in total. The van der Waals surface area contributed by atoms with Gasteiger partial charge in [-0.15, -0.1) is 11.3 Å². The van der Waals surface area contributed by atoms with E-state index in [1.54, 1.807) is 0 Å². The van der Waals surface area contributed by atoms with Gasteiger partial charge in [0.15, 0.2) is 5.78 Å². The summed E-state index contributed by atoms with van der Waals surface area (Å²) >= 11 is 1.49. The summed E-state index contributed by atoms with van der Waals surface area (Å²) in [5.74, 6) is 0.111. The highest BCUT2D eigenvalue weighted by atomic mass is 32.1. The monoisotopic (exact) mass is 295 g/mol. The maximum absolute atomic E-state index is 12.2. The Morgan fingerprint density at radius 1 is 1.35 bits per heavy atom. The first kappa shape index (κ1) is 15.2. The van der Waals surface area contributed by atoms with Gasteiger partial charge in [-0.2, -0.15) is 0 Å². The van der Waals surface area contributed by atoms with Crippen molar-refractivity contribution in [1.29, 1.82) is 0 Å². The van der Waals surface area contributed by atoms with Crippen molar-refractivity contribution in [3.05, 3.63) is 21.9 Å². The average molecular weight is 295 g/mol. The molecule has 2 rings (SSSR count). The summed E-state index contributed by atoms with van der Waals surface area (Å²) in [6.45, 7) is 7.11. The Balaban J connectivity index is 1.87. The second-order valence-electron chi connectivity index (χ2n) is 5.37. The van der Waals surface area contributed by atoms with Gasteiger partial charge in [-0.3, -0.25) is 9.59 Å². The third-order valence-corrected chi connectivity index (χ3v) is 4.55. The van der Waals surface area contributed by atoms with Crippen LogP contribution in [0.15, 0.2) is 12.1 Å². The van der Waals surface area contributed by atoms with Crippen LogP contribution >= 0.6 is 11.3 Å². The topological polar surface area (TPSA) is 46.6 Å². The van der Waals surface area contributed by atoms with E-state index < -0.39 is 0 Å². The first-order valence-corrected chi connectivity index (χ1v) is 7.79. The normalized spacial score (nSPS) is 22.9. The molecule has 2 unspecified atom stereocenters. The zero-order valence-electron chi connectivity index (χ0n) is 12.2. The van der Waals surface area contributed by atoms with Gasteiger partial charge in [-0.25, -0.2) is 0 Å². The third-order valence-electron chi connectivity index (χ3n) is 3.51. The average Bonchev–Trinajstić information content (AvgIpc) is 2.85. The summed E-state index contributed by atoms with van der Waals surface area (Å²) in [6, 6.07) is 3.87. The van der Waals surface area contributed by atoms with Gasteiger partial charge in [0.05, 0.1) is 23.6 Å². The number of carbonyl (C=O) groups excluding carboxylic acids is 2. The van der Waals surface area contributed by atoms with E-state index in [0.29, 0.717) is 13.2 Å². The highest BCUT2D eigenvalue weighted by Gasteiger charge is 2.27. The molecule has 5 heteroatoms. The molecule has 0 spiro atoms. The van der Waals surface area contributed by atoms with Crippen LogP contribution in [0.25, 0.3) is 0 Å². The molecule has 0 saturated carbocycles. The summed E-state index contributed by atoms with van der Waals surface area (Å²) in [5, 5.41) is 0. The molecule has 0 bridgehead atoms. The highest BCUT2D eigenvalue weighted by Crippen LogP contribution is 2.19. The number of Topliss-reactive ketones (excluding diaryl/α,β-unsaturated/α-hetero) is 1. The van der Waals surface area contributed by atoms with Crippen LogP contribution < -0.4 is 0 Å². The Morgan fingerprint density at radius 2 is 2.10 bits per heavy atom. The van der Waals surface area contributed by atoms with E-state index in [1.807, 2.05) is 37.8 Å². The Kier molecular flexibility index (Phi) is 4.94. The van der Waals surface area contributed by atoms with E-state index in [9.17, 15) is 9.59 Å². The van der Waals surface area contributed by atoms with Gasteiger partial charge < -0.3 is 9.64 Å². The standard InChI is InChI=1S/C15H21NO3S/c1-10-9-19-11(2)8-16(10)15(18)7-5-13(17)14-6-4-12(3)20-14/h4,6,10-11H,5,7-9H2,1-3H3. The van der Waals surface area contributed by atoms with Crippen molar-refractivity contribution in [2.75, 3.05) is 13.2 Å². The molecule has 2 heterocycles. The van der Waals surface area contributed by atoms with Crippen molar-refractivity contribution < 1.29 is 14.3 Å². The van der Waals surface area contributed by atoms with Crippen molar-refractivity contribution in [3.8, 4) is 0 Å². The largest absolute Gasteiger partial charge is 0.375 e. The molecule has 1 fully saturated rings. The minimum Gasteiger partial charge on any atom is -0.375 e. The number of ether oxygens (including phenoxy) is 1. The van der Waals surface area contributed by atoms with Crippen LogP contribution in [0.1, 0.15) is 41.2 Å². The Hall–Kier alpha value is -1.20. The summed E-state index contributed by atoms with van der Waals surface area (Å²) in [5.41, 5.74) is 0. The molecule has 20 heavy (non-hydrogen) atoms. The maximum Gasteiger partial charge on any atom is 0.223 e. The Labute approximate surface area is 123 Å². The Bertz CT molecular complexity index is 497. The van der Waals surface area contributed by atoms with Gasteiger partial charge >= 0.3 is 0 Å². The van der Waals surface area contributed by atoms with E-state index in [4.69, 9.17) is 4.74 Å². The van der Waals surface area contributed by atoms with Gasteiger partial charge in [-0.1, -0.05) is 0 Å². The van der Waals surface area contributed by atoms with E-state index >= 15 is 0 Å².